The molecule has 4 rings (SSSR count). The maximum Gasteiger partial charge on any atom is 0.277 e. The fourth-order valence-electron chi connectivity index (χ4n) is 2.97. The van der Waals surface area contributed by atoms with E-state index in [1.165, 1.54) is 29.9 Å². The van der Waals surface area contributed by atoms with Crippen LogP contribution in [0.2, 0.25) is 0 Å². The largest absolute Gasteiger partial charge is 0.497 e. The van der Waals surface area contributed by atoms with Crippen LogP contribution in [0.4, 0.5) is 5.13 Å². The van der Waals surface area contributed by atoms with Crippen molar-refractivity contribution in [1.82, 2.24) is 19.9 Å². The number of hydrogen-bond acceptors (Lipinski definition) is 7. The number of hydrogen-bond donors (Lipinski definition) is 1. The lowest BCUT2D eigenvalue weighted by molar-refractivity contribution is 0.0734. The van der Waals surface area contributed by atoms with E-state index < -0.39 is 0 Å². The SMILES string of the molecule is COc1ccc(Br)c(C(=O)N2CCc3nc(NC(=O)c4cnccn4)sc3C2)c1. The Morgan fingerprint density at radius 3 is 2.93 bits per heavy atom. The molecule has 148 valence electrons. The topological polar surface area (TPSA) is 97.3 Å². The molecule has 0 aliphatic carbocycles. The summed E-state index contributed by atoms with van der Waals surface area (Å²) in [5.74, 6) is 0.179. The number of nitrogens with zero attached hydrogens (tertiary/aromatic N) is 4. The summed E-state index contributed by atoms with van der Waals surface area (Å²) in [4.78, 5) is 40.4. The summed E-state index contributed by atoms with van der Waals surface area (Å²) in [6.45, 7) is 0.993. The molecule has 2 amide bonds. The first kappa shape index (κ1) is 19.5. The van der Waals surface area contributed by atoms with Gasteiger partial charge >= 0.3 is 0 Å². The molecule has 0 unspecified atom stereocenters. The Kier molecular flexibility index (Phi) is 5.54. The van der Waals surface area contributed by atoms with Crippen molar-refractivity contribution < 1.29 is 14.3 Å². The number of rotatable bonds is 4. The molecule has 3 aromatic rings. The third-order valence-corrected chi connectivity index (χ3v) is 6.13. The number of anilines is 1. The molecule has 0 saturated heterocycles. The molecule has 0 saturated carbocycles. The Hall–Kier alpha value is -2.85. The van der Waals surface area contributed by atoms with Gasteiger partial charge in [0.1, 0.15) is 11.4 Å². The van der Waals surface area contributed by atoms with Crippen LogP contribution in [0.1, 0.15) is 31.4 Å². The second-order valence-corrected chi connectivity index (χ2v) is 8.19. The van der Waals surface area contributed by atoms with E-state index in [1.54, 1.807) is 30.2 Å². The van der Waals surface area contributed by atoms with Crippen LogP contribution in [-0.4, -0.2) is 45.3 Å². The minimum atomic E-state index is -0.363. The average molecular weight is 474 g/mol. The molecule has 0 bridgehead atoms. The highest BCUT2D eigenvalue weighted by atomic mass is 79.9. The highest BCUT2D eigenvalue weighted by Gasteiger charge is 2.26. The van der Waals surface area contributed by atoms with E-state index in [9.17, 15) is 9.59 Å². The molecular formula is C19H16BrN5O3S. The monoisotopic (exact) mass is 473 g/mol. The lowest BCUT2D eigenvalue weighted by Gasteiger charge is -2.26. The Labute approximate surface area is 179 Å². The van der Waals surface area contributed by atoms with Crippen LogP contribution in [0, 0.1) is 0 Å². The van der Waals surface area contributed by atoms with Crippen molar-refractivity contribution in [1.29, 1.82) is 0 Å². The standard InChI is InChI=1S/C19H16BrN5O3S/c1-28-11-2-3-13(20)12(8-11)18(27)25-7-4-14-16(10-25)29-19(23-14)24-17(26)15-9-21-5-6-22-15/h2-3,5-6,8-9H,4,7,10H2,1H3,(H,23,24,26). The number of halogens is 1. The zero-order chi connectivity index (χ0) is 20.4. The summed E-state index contributed by atoms with van der Waals surface area (Å²) < 4.78 is 5.95. The van der Waals surface area contributed by atoms with Gasteiger partial charge < -0.3 is 9.64 Å². The Bertz CT molecular complexity index is 1070. The predicted octanol–water partition coefficient (Wildman–Crippen LogP) is 3.16. The second-order valence-electron chi connectivity index (χ2n) is 6.26. The van der Waals surface area contributed by atoms with Gasteiger partial charge in [0.2, 0.25) is 0 Å². The fourth-order valence-corrected chi connectivity index (χ4v) is 4.40. The van der Waals surface area contributed by atoms with Crippen LogP contribution in [0.15, 0.2) is 41.3 Å². The van der Waals surface area contributed by atoms with E-state index in [0.29, 0.717) is 36.0 Å². The second kappa shape index (κ2) is 8.26. The number of thiazole rings is 1. The first-order valence-corrected chi connectivity index (χ1v) is 10.3. The van der Waals surface area contributed by atoms with Gasteiger partial charge in [0.05, 0.1) is 31.1 Å². The van der Waals surface area contributed by atoms with Gasteiger partial charge in [-0.05, 0) is 34.1 Å². The van der Waals surface area contributed by atoms with E-state index in [4.69, 9.17) is 4.74 Å². The summed E-state index contributed by atoms with van der Waals surface area (Å²) in [6, 6.07) is 5.32. The van der Waals surface area contributed by atoms with E-state index >= 15 is 0 Å². The van der Waals surface area contributed by atoms with Crippen molar-refractivity contribution in [2.75, 3.05) is 19.0 Å². The molecule has 3 heterocycles. The molecule has 1 N–H and O–H groups in total. The summed E-state index contributed by atoms with van der Waals surface area (Å²) >= 11 is 4.81. The molecule has 1 aromatic carbocycles. The molecule has 1 aliphatic rings. The number of amides is 2. The van der Waals surface area contributed by atoms with Gasteiger partial charge in [-0.3, -0.25) is 19.9 Å². The number of carbonyl (C=O) groups excluding carboxylic acids is 2. The number of methoxy groups -OCH3 is 1. The molecule has 8 nitrogen and oxygen atoms in total. The van der Waals surface area contributed by atoms with Crippen LogP contribution >= 0.6 is 27.3 Å². The molecule has 0 fully saturated rings. The molecule has 29 heavy (non-hydrogen) atoms. The van der Waals surface area contributed by atoms with Crippen molar-refractivity contribution in [3.05, 3.63) is 63.1 Å². The highest BCUT2D eigenvalue weighted by Crippen LogP contribution is 2.31. The number of fused-ring (bicyclic) bond motifs is 1. The smallest absolute Gasteiger partial charge is 0.277 e. The summed E-state index contributed by atoms with van der Waals surface area (Å²) in [6.07, 6.45) is 4.99. The first-order chi connectivity index (χ1) is 14.0. The molecule has 0 spiro atoms. The predicted molar refractivity (Wildman–Crippen MR) is 111 cm³/mol. The maximum atomic E-state index is 13.0. The first-order valence-electron chi connectivity index (χ1n) is 8.74. The number of benzene rings is 1. The number of carbonyl (C=O) groups is 2. The van der Waals surface area contributed by atoms with Crippen LogP contribution in [0.25, 0.3) is 0 Å². The molecule has 1 aliphatic heterocycles. The summed E-state index contributed by atoms with van der Waals surface area (Å²) in [5, 5.41) is 3.24. The molecule has 0 atom stereocenters. The van der Waals surface area contributed by atoms with Gasteiger partial charge in [-0.25, -0.2) is 9.97 Å². The molecule has 0 radical (unpaired) electrons. The molecule has 2 aromatic heterocycles. The van der Waals surface area contributed by atoms with Crippen molar-refractivity contribution >= 4 is 44.2 Å². The summed E-state index contributed by atoms with van der Waals surface area (Å²) in [7, 11) is 1.57. The van der Waals surface area contributed by atoms with Crippen LogP contribution in [-0.2, 0) is 13.0 Å². The van der Waals surface area contributed by atoms with E-state index in [0.717, 1.165) is 15.0 Å². The van der Waals surface area contributed by atoms with Crippen molar-refractivity contribution in [3.8, 4) is 5.75 Å². The minimum Gasteiger partial charge on any atom is -0.497 e. The van der Waals surface area contributed by atoms with Crippen molar-refractivity contribution in [2.24, 2.45) is 0 Å². The lowest BCUT2D eigenvalue weighted by Crippen LogP contribution is -2.35. The van der Waals surface area contributed by atoms with Gasteiger partial charge in [-0.15, -0.1) is 0 Å². The van der Waals surface area contributed by atoms with Gasteiger partial charge in [0.15, 0.2) is 5.13 Å². The van der Waals surface area contributed by atoms with Gasteiger partial charge in [0, 0.05) is 34.7 Å². The van der Waals surface area contributed by atoms with Crippen molar-refractivity contribution in [2.45, 2.75) is 13.0 Å². The number of aromatic nitrogens is 3. The quantitative estimate of drug-likeness (QED) is 0.624. The Morgan fingerprint density at radius 1 is 1.31 bits per heavy atom. The van der Waals surface area contributed by atoms with Crippen LogP contribution < -0.4 is 10.1 Å². The van der Waals surface area contributed by atoms with Gasteiger partial charge in [-0.1, -0.05) is 11.3 Å². The Balaban J connectivity index is 1.49. The van der Waals surface area contributed by atoms with Gasteiger partial charge in [-0.2, -0.15) is 0 Å². The highest BCUT2D eigenvalue weighted by molar-refractivity contribution is 9.10. The minimum absolute atomic E-state index is 0.0834. The maximum absolute atomic E-state index is 13.0. The van der Waals surface area contributed by atoms with E-state index in [1.807, 2.05) is 0 Å². The van der Waals surface area contributed by atoms with Crippen LogP contribution in [0.5, 0.6) is 5.75 Å². The zero-order valence-corrected chi connectivity index (χ0v) is 17.8. The third-order valence-electron chi connectivity index (χ3n) is 4.44. The third kappa shape index (κ3) is 4.13. The lowest BCUT2D eigenvalue weighted by atomic mass is 10.1. The van der Waals surface area contributed by atoms with Gasteiger partial charge in [0.25, 0.3) is 11.8 Å². The fraction of sp³-hybridized carbons (Fsp3) is 0.211. The normalized spacial score (nSPS) is 13.0. The molecule has 10 heteroatoms. The van der Waals surface area contributed by atoms with E-state index in [2.05, 4.69) is 36.2 Å². The summed E-state index contributed by atoms with van der Waals surface area (Å²) in [5.41, 5.74) is 1.67. The number of ether oxygens (including phenoxy) is 1. The average Bonchev–Trinajstić information content (AvgIpc) is 3.15. The zero-order valence-electron chi connectivity index (χ0n) is 15.4. The number of nitrogens with one attached hydrogen (secondary N) is 1. The van der Waals surface area contributed by atoms with Crippen molar-refractivity contribution in [3.63, 3.8) is 0 Å². The van der Waals surface area contributed by atoms with E-state index in [-0.39, 0.29) is 17.5 Å². The molecular weight excluding hydrogens is 458 g/mol. The Morgan fingerprint density at radius 2 is 2.17 bits per heavy atom. The van der Waals surface area contributed by atoms with Crippen LogP contribution in [0.3, 0.4) is 0 Å².